The highest BCUT2D eigenvalue weighted by Gasteiger charge is 2.42. The average Bonchev–Trinajstić information content (AvgIpc) is 2.93. The summed E-state index contributed by atoms with van der Waals surface area (Å²) < 4.78 is 12.1. The lowest BCUT2D eigenvalue weighted by atomic mass is 9.71. The van der Waals surface area contributed by atoms with Crippen LogP contribution in [0.5, 0.6) is 11.5 Å². The molecule has 0 saturated carbocycles. The van der Waals surface area contributed by atoms with Crippen LogP contribution in [0.25, 0.3) is 11.1 Å². The van der Waals surface area contributed by atoms with Gasteiger partial charge in [-0.1, -0.05) is 12.1 Å². The maximum atomic E-state index is 6.04. The Hall–Kier alpha value is -2.04. The Kier molecular flexibility index (Phi) is 6.86. The molecule has 4 heteroatoms. The zero-order chi connectivity index (χ0) is 21.0. The summed E-state index contributed by atoms with van der Waals surface area (Å²) in [6.07, 6.45) is 4.22. The molecule has 0 aliphatic heterocycles. The van der Waals surface area contributed by atoms with Crippen molar-refractivity contribution in [2.24, 2.45) is 11.5 Å². The van der Waals surface area contributed by atoms with E-state index in [0.717, 1.165) is 37.2 Å². The predicted molar refractivity (Wildman–Crippen MR) is 121 cm³/mol. The minimum Gasteiger partial charge on any atom is -0.491 e. The Morgan fingerprint density at radius 1 is 0.724 bits per heavy atom. The summed E-state index contributed by atoms with van der Waals surface area (Å²) in [5.41, 5.74) is 17.1. The molecular formula is C25H36N2O2. The monoisotopic (exact) mass is 396 g/mol. The van der Waals surface area contributed by atoms with Gasteiger partial charge in [0.1, 0.15) is 11.5 Å². The van der Waals surface area contributed by atoms with Crippen molar-refractivity contribution in [3.8, 4) is 22.6 Å². The van der Waals surface area contributed by atoms with Crippen molar-refractivity contribution in [2.75, 3.05) is 13.1 Å². The van der Waals surface area contributed by atoms with Gasteiger partial charge in [-0.25, -0.2) is 0 Å². The maximum absolute atomic E-state index is 6.04. The number of ether oxygens (including phenoxy) is 2. The second kappa shape index (κ2) is 9.19. The number of rotatable bonds is 10. The summed E-state index contributed by atoms with van der Waals surface area (Å²) >= 11 is 0. The van der Waals surface area contributed by atoms with Crippen LogP contribution >= 0.6 is 0 Å². The average molecular weight is 397 g/mol. The van der Waals surface area contributed by atoms with Crippen LogP contribution in [0.1, 0.15) is 64.5 Å². The molecule has 0 aromatic heterocycles. The molecule has 4 nitrogen and oxygen atoms in total. The van der Waals surface area contributed by atoms with Gasteiger partial charge in [-0.15, -0.1) is 0 Å². The van der Waals surface area contributed by atoms with Crippen molar-refractivity contribution in [1.29, 1.82) is 0 Å². The fourth-order valence-corrected chi connectivity index (χ4v) is 4.62. The van der Waals surface area contributed by atoms with Crippen molar-refractivity contribution < 1.29 is 9.47 Å². The van der Waals surface area contributed by atoms with Gasteiger partial charge in [-0.05, 0) is 113 Å². The lowest BCUT2D eigenvalue weighted by Crippen LogP contribution is -2.27. The van der Waals surface area contributed by atoms with E-state index >= 15 is 0 Å². The van der Waals surface area contributed by atoms with E-state index in [1.807, 2.05) is 0 Å². The van der Waals surface area contributed by atoms with Crippen molar-refractivity contribution in [3.63, 3.8) is 0 Å². The first kappa shape index (κ1) is 21.7. The molecule has 0 heterocycles. The predicted octanol–water partition coefficient (Wildman–Crippen LogP) is 5.01. The number of hydrogen-bond acceptors (Lipinski definition) is 4. The number of nitrogens with two attached hydrogens (primary N) is 2. The summed E-state index contributed by atoms with van der Waals surface area (Å²) in [5.74, 6) is 1.85. The first-order chi connectivity index (χ1) is 13.9. The SMILES string of the molecule is CC(C)Oc1ccc2c(c1)C(CCCN)(CCCN)c1cc(OC(C)C)ccc1-2. The zero-order valence-electron chi connectivity index (χ0n) is 18.3. The smallest absolute Gasteiger partial charge is 0.120 e. The van der Waals surface area contributed by atoms with E-state index in [1.165, 1.54) is 22.3 Å². The normalized spacial score (nSPS) is 14.2. The summed E-state index contributed by atoms with van der Waals surface area (Å²) in [7, 11) is 0. The standard InChI is InChI=1S/C25H36N2O2/c1-17(2)28-19-7-9-21-22-10-8-20(29-18(3)4)16-24(22)25(11-5-13-26,12-6-14-27)23(21)15-19/h7-10,15-18H,5-6,11-14,26-27H2,1-4H3. The number of fused-ring (bicyclic) bond motifs is 3. The first-order valence-corrected chi connectivity index (χ1v) is 10.9. The maximum Gasteiger partial charge on any atom is 0.120 e. The highest BCUT2D eigenvalue weighted by atomic mass is 16.5. The molecule has 29 heavy (non-hydrogen) atoms. The zero-order valence-corrected chi connectivity index (χ0v) is 18.3. The quantitative estimate of drug-likeness (QED) is 0.592. The minimum atomic E-state index is -0.101. The molecule has 1 aliphatic carbocycles. The molecule has 0 unspecified atom stereocenters. The van der Waals surface area contributed by atoms with Crippen LogP contribution in [0.2, 0.25) is 0 Å². The Balaban J connectivity index is 2.17. The van der Waals surface area contributed by atoms with Gasteiger partial charge in [0, 0.05) is 5.41 Å². The third-order valence-electron chi connectivity index (χ3n) is 5.66. The summed E-state index contributed by atoms with van der Waals surface area (Å²) in [6.45, 7) is 9.61. The molecular weight excluding hydrogens is 360 g/mol. The summed E-state index contributed by atoms with van der Waals surface area (Å²) in [4.78, 5) is 0. The second-order valence-electron chi connectivity index (χ2n) is 8.61. The third-order valence-corrected chi connectivity index (χ3v) is 5.66. The van der Waals surface area contributed by atoms with Crippen LogP contribution in [0, 0.1) is 0 Å². The van der Waals surface area contributed by atoms with Crippen LogP contribution in [-0.2, 0) is 5.41 Å². The summed E-state index contributed by atoms with van der Waals surface area (Å²) in [5, 5.41) is 0. The van der Waals surface area contributed by atoms with Crippen molar-refractivity contribution in [2.45, 2.75) is 71.0 Å². The Bertz CT molecular complexity index is 760. The lowest BCUT2D eigenvalue weighted by Gasteiger charge is -2.33. The van der Waals surface area contributed by atoms with Crippen LogP contribution in [0.3, 0.4) is 0 Å². The van der Waals surface area contributed by atoms with E-state index in [0.29, 0.717) is 13.1 Å². The molecule has 4 N–H and O–H groups in total. The largest absolute Gasteiger partial charge is 0.491 e. The fourth-order valence-electron chi connectivity index (χ4n) is 4.62. The molecule has 0 fully saturated rings. The number of benzene rings is 2. The second-order valence-corrected chi connectivity index (χ2v) is 8.61. The molecule has 3 rings (SSSR count). The third kappa shape index (κ3) is 4.44. The van der Waals surface area contributed by atoms with Gasteiger partial charge in [0.15, 0.2) is 0 Å². The van der Waals surface area contributed by atoms with Crippen molar-refractivity contribution in [3.05, 3.63) is 47.5 Å². The molecule has 2 aromatic rings. The van der Waals surface area contributed by atoms with E-state index in [-0.39, 0.29) is 17.6 Å². The highest BCUT2D eigenvalue weighted by molar-refractivity contribution is 5.82. The highest BCUT2D eigenvalue weighted by Crippen LogP contribution is 2.55. The van der Waals surface area contributed by atoms with E-state index in [4.69, 9.17) is 20.9 Å². The molecule has 1 aliphatic rings. The molecule has 0 atom stereocenters. The lowest BCUT2D eigenvalue weighted by molar-refractivity contribution is 0.241. The van der Waals surface area contributed by atoms with E-state index in [2.05, 4.69) is 64.1 Å². The Morgan fingerprint density at radius 2 is 1.14 bits per heavy atom. The van der Waals surface area contributed by atoms with Gasteiger partial charge in [0.2, 0.25) is 0 Å². The first-order valence-electron chi connectivity index (χ1n) is 10.9. The van der Waals surface area contributed by atoms with Crippen LogP contribution in [0.4, 0.5) is 0 Å². The number of hydrogen-bond donors (Lipinski definition) is 2. The van der Waals surface area contributed by atoms with Crippen LogP contribution in [0.15, 0.2) is 36.4 Å². The van der Waals surface area contributed by atoms with Crippen molar-refractivity contribution in [1.82, 2.24) is 0 Å². The molecule has 0 bridgehead atoms. The van der Waals surface area contributed by atoms with E-state index < -0.39 is 0 Å². The molecule has 0 radical (unpaired) electrons. The van der Waals surface area contributed by atoms with Crippen LogP contribution in [-0.4, -0.2) is 25.3 Å². The topological polar surface area (TPSA) is 70.5 Å². The summed E-state index contributed by atoms with van der Waals surface area (Å²) in [6, 6.07) is 13.1. The fraction of sp³-hybridized carbons (Fsp3) is 0.520. The van der Waals surface area contributed by atoms with E-state index in [1.54, 1.807) is 0 Å². The molecule has 0 saturated heterocycles. The van der Waals surface area contributed by atoms with Gasteiger partial charge in [0.25, 0.3) is 0 Å². The van der Waals surface area contributed by atoms with Crippen molar-refractivity contribution >= 4 is 0 Å². The minimum absolute atomic E-state index is 0.101. The molecule has 0 amide bonds. The molecule has 2 aromatic carbocycles. The van der Waals surface area contributed by atoms with Gasteiger partial charge < -0.3 is 20.9 Å². The van der Waals surface area contributed by atoms with Gasteiger partial charge in [0.05, 0.1) is 12.2 Å². The van der Waals surface area contributed by atoms with Gasteiger partial charge >= 0.3 is 0 Å². The Labute approximate surface area is 175 Å². The van der Waals surface area contributed by atoms with E-state index in [9.17, 15) is 0 Å². The van der Waals surface area contributed by atoms with Gasteiger partial charge in [-0.2, -0.15) is 0 Å². The molecule has 158 valence electrons. The van der Waals surface area contributed by atoms with Crippen LogP contribution < -0.4 is 20.9 Å². The molecule has 0 spiro atoms. The Morgan fingerprint density at radius 3 is 1.48 bits per heavy atom. The van der Waals surface area contributed by atoms with Gasteiger partial charge in [-0.3, -0.25) is 0 Å².